The molecular weight excluding hydrogens is 498 g/mol. The minimum Gasteiger partial charge on any atom is -0.484 e. The third-order valence-corrected chi connectivity index (χ3v) is 8.56. The SMILES string of the molecule is Cc1cc(OCC(=O)Nc2nc(-c3ccc(S(=O)(=O)N4CCOCC4)cc3)cs2)cc(C)c1Cl. The van der Waals surface area contributed by atoms with E-state index in [0.717, 1.165) is 16.7 Å². The summed E-state index contributed by atoms with van der Waals surface area (Å²) in [6.45, 7) is 5.08. The molecule has 2 heterocycles. The molecular formula is C23H24ClN3O5S2. The lowest BCUT2D eigenvalue weighted by Crippen LogP contribution is -2.40. The molecule has 3 aromatic rings. The number of nitrogens with one attached hydrogen (secondary N) is 1. The van der Waals surface area contributed by atoms with Crippen molar-refractivity contribution in [3.8, 4) is 17.0 Å². The number of anilines is 1. The molecule has 8 nitrogen and oxygen atoms in total. The van der Waals surface area contributed by atoms with Gasteiger partial charge in [0.2, 0.25) is 10.0 Å². The minimum atomic E-state index is -3.55. The van der Waals surface area contributed by atoms with Gasteiger partial charge < -0.3 is 9.47 Å². The number of hydrogen-bond acceptors (Lipinski definition) is 7. The summed E-state index contributed by atoms with van der Waals surface area (Å²) in [6, 6.07) is 10.1. The smallest absolute Gasteiger partial charge is 0.264 e. The number of halogens is 1. The van der Waals surface area contributed by atoms with Gasteiger partial charge in [0.1, 0.15) is 5.75 Å². The van der Waals surface area contributed by atoms with Crippen molar-refractivity contribution in [2.75, 3.05) is 38.2 Å². The molecule has 1 aliphatic rings. The molecule has 0 spiro atoms. The molecule has 34 heavy (non-hydrogen) atoms. The highest BCUT2D eigenvalue weighted by molar-refractivity contribution is 7.89. The topological polar surface area (TPSA) is 97.8 Å². The van der Waals surface area contributed by atoms with E-state index in [9.17, 15) is 13.2 Å². The van der Waals surface area contributed by atoms with Crippen molar-refractivity contribution in [3.05, 3.63) is 57.9 Å². The van der Waals surface area contributed by atoms with Gasteiger partial charge in [-0.3, -0.25) is 10.1 Å². The average molecular weight is 522 g/mol. The van der Waals surface area contributed by atoms with Gasteiger partial charge in [-0.2, -0.15) is 4.31 Å². The molecule has 4 rings (SSSR count). The summed E-state index contributed by atoms with van der Waals surface area (Å²) < 4.78 is 37.8. The zero-order valence-electron chi connectivity index (χ0n) is 18.7. The lowest BCUT2D eigenvalue weighted by Gasteiger charge is -2.26. The fourth-order valence-corrected chi connectivity index (χ4v) is 5.74. The Hall–Kier alpha value is -2.50. The molecule has 1 saturated heterocycles. The molecule has 1 N–H and O–H groups in total. The van der Waals surface area contributed by atoms with Gasteiger partial charge in [-0.25, -0.2) is 13.4 Å². The molecule has 2 aromatic carbocycles. The monoisotopic (exact) mass is 521 g/mol. The number of carbonyl (C=O) groups excluding carboxylic acids is 1. The highest BCUT2D eigenvalue weighted by atomic mass is 35.5. The van der Waals surface area contributed by atoms with Gasteiger partial charge in [0.25, 0.3) is 5.91 Å². The first-order chi connectivity index (χ1) is 16.2. The lowest BCUT2D eigenvalue weighted by molar-refractivity contribution is -0.118. The predicted octanol–water partition coefficient (Wildman–Crippen LogP) is 4.12. The molecule has 0 aliphatic carbocycles. The maximum absolute atomic E-state index is 12.8. The Labute approximate surface area is 207 Å². The molecule has 180 valence electrons. The summed E-state index contributed by atoms with van der Waals surface area (Å²) >= 11 is 7.44. The van der Waals surface area contributed by atoms with Gasteiger partial charge >= 0.3 is 0 Å². The summed E-state index contributed by atoms with van der Waals surface area (Å²) in [5.41, 5.74) is 3.15. The van der Waals surface area contributed by atoms with Crippen molar-refractivity contribution in [3.63, 3.8) is 0 Å². The molecule has 1 aliphatic heterocycles. The van der Waals surface area contributed by atoms with E-state index in [2.05, 4.69) is 10.3 Å². The summed E-state index contributed by atoms with van der Waals surface area (Å²) in [5, 5.41) is 5.63. The largest absolute Gasteiger partial charge is 0.484 e. The van der Waals surface area contributed by atoms with E-state index in [1.165, 1.54) is 15.6 Å². The molecule has 1 fully saturated rings. The zero-order valence-corrected chi connectivity index (χ0v) is 21.1. The Balaban J connectivity index is 1.37. The Morgan fingerprint density at radius 2 is 1.82 bits per heavy atom. The Kier molecular flexibility index (Phi) is 7.54. The summed E-state index contributed by atoms with van der Waals surface area (Å²) in [5.74, 6) is 0.236. The Morgan fingerprint density at radius 3 is 2.47 bits per heavy atom. The number of morpholine rings is 1. The predicted molar refractivity (Wildman–Crippen MR) is 132 cm³/mol. The number of ether oxygens (including phenoxy) is 2. The Morgan fingerprint density at radius 1 is 1.18 bits per heavy atom. The first kappa shape index (κ1) is 24.6. The number of rotatable bonds is 7. The first-order valence-corrected chi connectivity index (χ1v) is 13.3. The second-order valence-corrected chi connectivity index (χ2v) is 11.0. The first-order valence-electron chi connectivity index (χ1n) is 10.6. The summed E-state index contributed by atoms with van der Waals surface area (Å²) in [6.07, 6.45) is 0. The van der Waals surface area contributed by atoms with Crippen molar-refractivity contribution >= 4 is 44.0 Å². The summed E-state index contributed by atoms with van der Waals surface area (Å²) in [7, 11) is -3.55. The minimum absolute atomic E-state index is 0.163. The Bertz CT molecular complexity index is 1260. The van der Waals surface area contributed by atoms with Crippen LogP contribution >= 0.6 is 22.9 Å². The van der Waals surface area contributed by atoms with Crippen molar-refractivity contribution in [2.24, 2.45) is 0 Å². The van der Waals surface area contributed by atoms with Crippen molar-refractivity contribution < 1.29 is 22.7 Å². The van der Waals surface area contributed by atoms with E-state index in [1.807, 2.05) is 13.8 Å². The van der Waals surface area contributed by atoms with Crippen LogP contribution in [0.4, 0.5) is 5.13 Å². The van der Waals surface area contributed by atoms with Crippen molar-refractivity contribution in [1.82, 2.24) is 9.29 Å². The van der Waals surface area contributed by atoms with Gasteiger partial charge in [0.15, 0.2) is 11.7 Å². The van der Waals surface area contributed by atoms with Crippen LogP contribution in [0.15, 0.2) is 46.7 Å². The number of aryl methyl sites for hydroxylation is 2. The van der Waals surface area contributed by atoms with E-state index < -0.39 is 10.0 Å². The zero-order chi connectivity index (χ0) is 24.3. The number of sulfonamides is 1. The highest BCUT2D eigenvalue weighted by Gasteiger charge is 2.26. The van der Waals surface area contributed by atoms with Crippen LogP contribution in [0.1, 0.15) is 11.1 Å². The van der Waals surface area contributed by atoms with E-state index in [1.54, 1.807) is 41.8 Å². The van der Waals surface area contributed by atoms with Crippen molar-refractivity contribution in [1.29, 1.82) is 0 Å². The highest BCUT2D eigenvalue weighted by Crippen LogP contribution is 2.28. The van der Waals surface area contributed by atoms with Gasteiger partial charge in [0, 0.05) is 29.1 Å². The third-order valence-electron chi connectivity index (χ3n) is 5.29. The molecule has 1 amide bonds. The maximum Gasteiger partial charge on any atom is 0.264 e. The average Bonchev–Trinajstić information content (AvgIpc) is 3.30. The van der Waals surface area contributed by atoms with E-state index in [-0.39, 0.29) is 17.4 Å². The van der Waals surface area contributed by atoms with Gasteiger partial charge in [-0.15, -0.1) is 11.3 Å². The van der Waals surface area contributed by atoms with Gasteiger partial charge in [-0.05, 0) is 49.2 Å². The van der Waals surface area contributed by atoms with Crippen LogP contribution in [-0.2, 0) is 19.6 Å². The number of thiazole rings is 1. The fourth-order valence-electron chi connectivity index (χ4n) is 3.49. The number of hydrogen-bond donors (Lipinski definition) is 1. The van der Waals surface area contributed by atoms with E-state index in [4.69, 9.17) is 21.1 Å². The second kappa shape index (κ2) is 10.4. The molecule has 0 atom stereocenters. The van der Waals surface area contributed by atoms with Crippen LogP contribution in [0.2, 0.25) is 5.02 Å². The van der Waals surface area contributed by atoms with E-state index >= 15 is 0 Å². The molecule has 0 saturated carbocycles. The van der Waals surface area contributed by atoms with Crippen LogP contribution in [0.25, 0.3) is 11.3 Å². The van der Waals surface area contributed by atoms with Gasteiger partial charge in [0.05, 0.1) is 23.8 Å². The molecule has 11 heteroatoms. The second-order valence-electron chi connectivity index (χ2n) is 7.79. The van der Waals surface area contributed by atoms with Crippen LogP contribution in [0, 0.1) is 13.8 Å². The quantitative estimate of drug-likeness (QED) is 0.502. The van der Waals surface area contributed by atoms with Crippen LogP contribution in [-0.4, -0.2) is 56.5 Å². The standard InChI is InChI=1S/C23H24ClN3O5S2/c1-15-11-18(12-16(2)22(15)24)32-13-21(28)26-23-25-20(14-33-23)17-3-5-19(6-4-17)34(29,30)27-7-9-31-10-8-27/h3-6,11-12,14H,7-10,13H2,1-2H3,(H,25,26,28). The van der Waals surface area contributed by atoms with Crippen LogP contribution < -0.4 is 10.1 Å². The fraction of sp³-hybridized carbons (Fsp3) is 0.304. The molecule has 0 unspecified atom stereocenters. The molecule has 1 aromatic heterocycles. The number of amides is 1. The maximum atomic E-state index is 12.8. The number of carbonyl (C=O) groups is 1. The van der Waals surface area contributed by atoms with Crippen LogP contribution in [0.3, 0.4) is 0 Å². The van der Waals surface area contributed by atoms with Gasteiger partial charge in [-0.1, -0.05) is 23.7 Å². The molecule has 0 bridgehead atoms. The number of aromatic nitrogens is 1. The van der Waals surface area contributed by atoms with Crippen LogP contribution in [0.5, 0.6) is 5.75 Å². The van der Waals surface area contributed by atoms with E-state index in [0.29, 0.717) is 47.9 Å². The normalized spacial score (nSPS) is 14.7. The number of nitrogens with zero attached hydrogens (tertiary/aromatic N) is 2. The lowest BCUT2D eigenvalue weighted by atomic mass is 10.1. The molecule has 0 radical (unpaired) electrons. The van der Waals surface area contributed by atoms with Crippen molar-refractivity contribution in [2.45, 2.75) is 18.7 Å². The third kappa shape index (κ3) is 5.59. The summed E-state index contributed by atoms with van der Waals surface area (Å²) in [4.78, 5) is 17.0. The number of benzene rings is 2.